The van der Waals surface area contributed by atoms with Gasteiger partial charge < -0.3 is 9.47 Å². The molecule has 0 atom stereocenters. The van der Waals surface area contributed by atoms with Crippen molar-refractivity contribution in [2.45, 2.75) is 33.6 Å². The molecule has 0 spiro atoms. The Bertz CT molecular complexity index is 368. The average Bonchev–Trinajstić information content (AvgIpc) is 2.42. The Morgan fingerprint density at radius 1 is 1.11 bits per heavy atom. The Morgan fingerprint density at radius 2 is 1.79 bits per heavy atom. The van der Waals surface area contributed by atoms with E-state index in [2.05, 4.69) is 13.8 Å². The molecule has 0 radical (unpaired) electrons. The second-order valence-electron chi connectivity index (χ2n) is 4.94. The van der Waals surface area contributed by atoms with E-state index < -0.39 is 0 Å². The summed E-state index contributed by atoms with van der Waals surface area (Å²) >= 11 is 0. The van der Waals surface area contributed by atoms with Crippen LogP contribution < -0.4 is 4.74 Å². The number of rotatable bonds is 9. The maximum absolute atomic E-state index is 11.5. The number of Topliss-reactive ketones (excluding diaryl/α,β-unsaturated/α-hetero) is 1. The Morgan fingerprint density at radius 3 is 2.37 bits per heavy atom. The summed E-state index contributed by atoms with van der Waals surface area (Å²) in [7, 11) is 0. The van der Waals surface area contributed by atoms with Gasteiger partial charge in [0.05, 0.1) is 6.61 Å². The van der Waals surface area contributed by atoms with Gasteiger partial charge in [-0.05, 0) is 36.6 Å². The fourth-order valence-corrected chi connectivity index (χ4v) is 1.58. The van der Waals surface area contributed by atoms with Crippen molar-refractivity contribution in [1.82, 2.24) is 0 Å². The lowest BCUT2D eigenvalue weighted by Crippen LogP contribution is -2.08. The van der Waals surface area contributed by atoms with Gasteiger partial charge in [-0.25, -0.2) is 0 Å². The topological polar surface area (TPSA) is 35.5 Å². The van der Waals surface area contributed by atoms with Crippen molar-refractivity contribution in [3.8, 4) is 5.75 Å². The van der Waals surface area contributed by atoms with E-state index in [9.17, 15) is 4.79 Å². The molecule has 106 valence electrons. The molecular weight excluding hydrogens is 240 g/mol. The van der Waals surface area contributed by atoms with E-state index in [0.717, 1.165) is 24.3 Å². The van der Waals surface area contributed by atoms with Crippen LogP contribution in [0.25, 0.3) is 0 Å². The van der Waals surface area contributed by atoms with E-state index in [1.807, 2.05) is 19.1 Å². The first-order valence-electron chi connectivity index (χ1n) is 6.97. The molecule has 1 rings (SSSR count). The van der Waals surface area contributed by atoms with Gasteiger partial charge in [-0.3, -0.25) is 4.79 Å². The highest BCUT2D eigenvalue weighted by atomic mass is 16.5. The smallest absolute Gasteiger partial charge is 0.162 e. The van der Waals surface area contributed by atoms with Crippen LogP contribution >= 0.6 is 0 Å². The van der Waals surface area contributed by atoms with Gasteiger partial charge in [0, 0.05) is 18.6 Å². The molecule has 0 N–H and O–H groups in total. The molecule has 3 heteroatoms. The van der Waals surface area contributed by atoms with Crippen molar-refractivity contribution in [3.05, 3.63) is 29.8 Å². The van der Waals surface area contributed by atoms with Gasteiger partial charge in [0.25, 0.3) is 0 Å². The van der Waals surface area contributed by atoms with Crippen molar-refractivity contribution >= 4 is 5.78 Å². The van der Waals surface area contributed by atoms with Gasteiger partial charge in [-0.15, -0.1) is 0 Å². The van der Waals surface area contributed by atoms with Crippen LogP contribution in [0.1, 0.15) is 44.0 Å². The van der Waals surface area contributed by atoms with Crippen LogP contribution in [0.15, 0.2) is 24.3 Å². The third-order valence-corrected chi connectivity index (χ3v) is 2.83. The van der Waals surface area contributed by atoms with Crippen molar-refractivity contribution in [2.75, 3.05) is 19.8 Å². The Labute approximate surface area is 115 Å². The lowest BCUT2D eigenvalue weighted by molar-refractivity contribution is 0.0925. The van der Waals surface area contributed by atoms with Crippen molar-refractivity contribution < 1.29 is 14.3 Å². The Balaban J connectivity index is 2.21. The summed E-state index contributed by atoms with van der Waals surface area (Å²) in [4.78, 5) is 11.5. The minimum Gasteiger partial charge on any atom is -0.491 e. The first-order chi connectivity index (χ1) is 9.13. The van der Waals surface area contributed by atoms with Crippen molar-refractivity contribution in [1.29, 1.82) is 0 Å². The normalized spacial score (nSPS) is 10.7. The van der Waals surface area contributed by atoms with Gasteiger partial charge in [0.1, 0.15) is 12.4 Å². The molecule has 0 aliphatic rings. The minimum absolute atomic E-state index is 0.156. The van der Waals surface area contributed by atoms with Crippen LogP contribution in [0.3, 0.4) is 0 Å². The molecule has 0 aliphatic carbocycles. The molecule has 0 heterocycles. The molecule has 0 saturated carbocycles. The zero-order valence-electron chi connectivity index (χ0n) is 12.1. The monoisotopic (exact) mass is 264 g/mol. The summed E-state index contributed by atoms with van der Waals surface area (Å²) in [5.41, 5.74) is 0.739. The number of ketones is 1. The van der Waals surface area contributed by atoms with Crippen LogP contribution in [-0.4, -0.2) is 25.6 Å². The van der Waals surface area contributed by atoms with Crippen molar-refractivity contribution in [2.24, 2.45) is 5.92 Å². The van der Waals surface area contributed by atoms with Crippen molar-refractivity contribution in [3.63, 3.8) is 0 Å². The van der Waals surface area contributed by atoms with Crippen LogP contribution in [0.5, 0.6) is 5.75 Å². The second-order valence-corrected chi connectivity index (χ2v) is 4.94. The van der Waals surface area contributed by atoms with Crippen LogP contribution in [-0.2, 0) is 4.74 Å². The molecule has 0 amide bonds. The van der Waals surface area contributed by atoms with Gasteiger partial charge in [-0.1, -0.05) is 20.8 Å². The number of hydrogen-bond donors (Lipinski definition) is 0. The summed E-state index contributed by atoms with van der Waals surface area (Å²) in [6, 6.07) is 7.27. The average molecular weight is 264 g/mol. The highest BCUT2D eigenvalue weighted by molar-refractivity contribution is 5.95. The van der Waals surface area contributed by atoms with Gasteiger partial charge in [-0.2, -0.15) is 0 Å². The third-order valence-electron chi connectivity index (χ3n) is 2.83. The van der Waals surface area contributed by atoms with Crippen LogP contribution in [0, 0.1) is 5.92 Å². The second kappa shape index (κ2) is 8.70. The van der Waals surface area contributed by atoms with E-state index in [1.54, 1.807) is 12.1 Å². The predicted octanol–water partition coefficient (Wildman–Crippen LogP) is 3.72. The molecule has 0 saturated heterocycles. The first-order valence-corrected chi connectivity index (χ1v) is 6.97. The quantitative estimate of drug-likeness (QED) is 0.503. The molecule has 0 unspecified atom stereocenters. The molecule has 0 aliphatic heterocycles. The zero-order chi connectivity index (χ0) is 14.1. The summed E-state index contributed by atoms with van der Waals surface area (Å²) < 4.78 is 11.0. The van der Waals surface area contributed by atoms with E-state index in [1.165, 1.54) is 0 Å². The minimum atomic E-state index is 0.156. The number of hydrogen-bond acceptors (Lipinski definition) is 3. The lowest BCUT2D eigenvalue weighted by atomic mass is 10.1. The van der Waals surface area contributed by atoms with Gasteiger partial charge in [0.15, 0.2) is 5.78 Å². The van der Waals surface area contributed by atoms with Crippen LogP contribution in [0.2, 0.25) is 0 Å². The largest absolute Gasteiger partial charge is 0.491 e. The molecule has 3 nitrogen and oxygen atoms in total. The van der Waals surface area contributed by atoms with E-state index in [0.29, 0.717) is 25.6 Å². The van der Waals surface area contributed by atoms with E-state index in [4.69, 9.17) is 9.47 Å². The molecular formula is C16H24O3. The fourth-order valence-electron chi connectivity index (χ4n) is 1.58. The zero-order valence-corrected chi connectivity index (χ0v) is 12.1. The fraction of sp³-hybridized carbons (Fsp3) is 0.562. The van der Waals surface area contributed by atoms with E-state index >= 15 is 0 Å². The molecule has 1 aromatic carbocycles. The SMILES string of the molecule is CCC(=O)c1ccc(OCCOCCC(C)C)cc1. The summed E-state index contributed by atoms with van der Waals surface area (Å²) in [5.74, 6) is 1.60. The number of carbonyl (C=O) groups is 1. The molecule has 0 aromatic heterocycles. The molecule has 19 heavy (non-hydrogen) atoms. The Kier molecular flexibility index (Phi) is 7.19. The standard InChI is InChI=1S/C16H24O3/c1-4-16(17)14-5-7-15(8-6-14)19-12-11-18-10-9-13(2)3/h5-8,13H,4,9-12H2,1-3H3. The predicted molar refractivity (Wildman–Crippen MR) is 76.8 cm³/mol. The maximum Gasteiger partial charge on any atom is 0.162 e. The number of benzene rings is 1. The highest BCUT2D eigenvalue weighted by Crippen LogP contribution is 2.13. The third kappa shape index (κ3) is 6.39. The summed E-state index contributed by atoms with van der Waals surface area (Å²) in [5, 5.41) is 0. The number of ether oxygens (including phenoxy) is 2. The Hall–Kier alpha value is -1.35. The van der Waals surface area contributed by atoms with E-state index in [-0.39, 0.29) is 5.78 Å². The van der Waals surface area contributed by atoms with Gasteiger partial charge in [0.2, 0.25) is 0 Å². The molecule has 0 fully saturated rings. The first kappa shape index (κ1) is 15.7. The molecule has 0 bridgehead atoms. The van der Waals surface area contributed by atoms with Gasteiger partial charge >= 0.3 is 0 Å². The van der Waals surface area contributed by atoms with Crippen LogP contribution in [0.4, 0.5) is 0 Å². The lowest BCUT2D eigenvalue weighted by Gasteiger charge is -2.08. The summed E-state index contributed by atoms with van der Waals surface area (Å²) in [6.07, 6.45) is 1.61. The highest BCUT2D eigenvalue weighted by Gasteiger charge is 2.02. The molecule has 1 aromatic rings. The maximum atomic E-state index is 11.5. The number of carbonyl (C=O) groups excluding carboxylic acids is 1. The summed E-state index contributed by atoms with van der Waals surface area (Å²) in [6.45, 7) is 8.14.